The van der Waals surface area contributed by atoms with E-state index in [0.29, 0.717) is 17.9 Å². The molecule has 74 valence electrons. The highest BCUT2D eigenvalue weighted by molar-refractivity contribution is 5.99. The minimum absolute atomic E-state index is 0.0451. The average Bonchev–Trinajstić information content (AvgIpc) is 2.27. The molecule has 0 radical (unpaired) electrons. The van der Waals surface area contributed by atoms with Crippen LogP contribution in [0.1, 0.15) is 11.1 Å². The summed E-state index contributed by atoms with van der Waals surface area (Å²) in [6.07, 6.45) is 0. The van der Waals surface area contributed by atoms with Crippen molar-refractivity contribution in [2.75, 3.05) is 6.79 Å². The van der Waals surface area contributed by atoms with E-state index in [1.807, 2.05) is 12.1 Å². The summed E-state index contributed by atoms with van der Waals surface area (Å²) in [6, 6.07) is 5.42. The second-order valence-electron chi connectivity index (χ2n) is 2.89. The van der Waals surface area contributed by atoms with Crippen LogP contribution in [-0.4, -0.2) is 17.8 Å². The Kier molecular flexibility index (Phi) is 2.24. The van der Waals surface area contributed by atoms with Gasteiger partial charge in [-0.3, -0.25) is 0 Å². The number of rotatable bonds is 1. The van der Waals surface area contributed by atoms with E-state index in [1.54, 1.807) is 6.07 Å². The lowest BCUT2D eigenvalue weighted by molar-refractivity contribution is -0.0165. The lowest BCUT2D eigenvalue weighted by atomic mass is 10.1. The van der Waals surface area contributed by atoms with Gasteiger partial charge in [0.15, 0.2) is 12.6 Å². The van der Waals surface area contributed by atoms with Crippen molar-refractivity contribution in [2.24, 2.45) is 10.9 Å². The second kappa shape index (κ2) is 3.55. The number of para-hydroxylation sites is 1. The van der Waals surface area contributed by atoms with Gasteiger partial charge < -0.3 is 20.4 Å². The zero-order valence-corrected chi connectivity index (χ0v) is 7.43. The molecule has 0 aliphatic carbocycles. The molecule has 3 N–H and O–H groups in total. The number of benzene rings is 1. The number of fused-ring (bicyclic) bond motifs is 1. The summed E-state index contributed by atoms with van der Waals surface area (Å²) in [4.78, 5) is 0. The molecular formula is C9H10N2O3. The first kappa shape index (κ1) is 8.83. The predicted octanol–water partition coefficient (Wildman–Crippen LogP) is 0.648. The van der Waals surface area contributed by atoms with Crippen molar-refractivity contribution >= 4 is 5.84 Å². The number of nitrogens with two attached hydrogens (primary N) is 1. The maximum Gasteiger partial charge on any atom is 0.189 e. The average molecular weight is 194 g/mol. The second-order valence-corrected chi connectivity index (χ2v) is 2.89. The van der Waals surface area contributed by atoms with Crippen molar-refractivity contribution in [3.63, 3.8) is 0 Å². The third-order valence-electron chi connectivity index (χ3n) is 2.02. The van der Waals surface area contributed by atoms with Crippen molar-refractivity contribution in [1.29, 1.82) is 0 Å². The molecule has 1 aliphatic heterocycles. The van der Waals surface area contributed by atoms with Crippen LogP contribution < -0.4 is 10.5 Å². The largest absolute Gasteiger partial charge is 0.466 e. The van der Waals surface area contributed by atoms with Gasteiger partial charge in [0.1, 0.15) is 5.75 Å². The molecule has 0 amide bonds. The fraction of sp³-hybridized carbons (Fsp3) is 0.222. The van der Waals surface area contributed by atoms with Crippen LogP contribution >= 0.6 is 0 Å². The van der Waals surface area contributed by atoms with Crippen molar-refractivity contribution in [3.05, 3.63) is 29.3 Å². The summed E-state index contributed by atoms with van der Waals surface area (Å²) in [5.41, 5.74) is 6.99. The third-order valence-corrected chi connectivity index (χ3v) is 2.02. The SMILES string of the molecule is N/C(=N/O)c1cccc2c1OCOC2. The van der Waals surface area contributed by atoms with Crippen molar-refractivity contribution in [3.8, 4) is 5.75 Å². The number of hydrogen-bond donors (Lipinski definition) is 2. The summed E-state index contributed by atoms with van der Waals surface area (Å²) in [5, 5.41) is 11.5. The van der Waals surface area contributed by atoms with E-state index < -0.39 is 0 Å². The van der Waals surface area contributed by atoms with Crippen molar-refractivity contribution < 1.29 is 14.7 Å². The lowest BCUT2D eigenvalue weighted by Gasteiger charge is -2.19. The molecule has 0 fully saturated rings. The van der Waals surface area contributed by atoms with Crippen molar-refractivity contribution in [1.82, 2.24) is 0 Å². The maximum absolute atomic E-state index is 8.57. The molecule has 2 rings (SSSR count). The Bertz CT molecular complexity index is 376. The van der Waals surface area contributed by atoms with Gasteiger partial charge in [0.2, 0.25) is 0 Å². The van der Waals surface area contributed by atoms with Gasteiger partial charge in [0.05, 0.1) is 12.2 Å². The van der Waals surface area contributed by atoms with E-state index in [-0.39, 0.29) is 12.6 Å². The molecule has 0 aromatic heterocycles. The summed E-state index contributed by atoms with van der Waals surface area (Å²) in [5.74, 6) is 0.679. The normalized spacial score (nSPS) is 15.9. The molecule has 0 unspecified atom stereocenters. The molecule has 0 saturated heterocycles. The van der Waals surface area contributed by atoms with Gasteiger partial charge in [-0.05, 0) is 6.07 Å². The molecule has 0 bridgehead atoms. The van der Waals surface area contributed by atoms with Crippen LogP contribution in [0.3, 0.4) is 0 Å². The molecule has 5 heteroatoms. The standard InChI is InChI=1S/C9H10N2O3/c10-9(11-12)7-3-1-2-6-4-13-5-14-8(6)7/h1-3,12H,4-5H2,(H2,10,11). The Morgan fingerprint density at radius 1 is 1.50 bits per heavy atom. The number of ether oxygens (including phenoxy) is 2. The lowest BCUT2D eigenvalue weighted by Crippen LogP contribution is -2.19. The Labute approximate surface area is 80.7 Å². The zero-order valence-electron chi connectivity index (χ0n) is 7.43. The Balaban J connectivity index is 2.50. The molecular weight excluding hydrogens is 184 g/mol. The van der Waals surface area contributed by atoms with Crippen LogP contribution in [-0.2, 0) is 11.3 Å². The molecule has 14 heavy (non-hydrogen) atoms. The summed E-state index contributed by atoms with van der Waals surface area (Å²) >= 11 is 0. The molecule has 0 atom stereocenters. The first-order valence-corrected chi connectivity index (χ1v) is 4.13. The van der Waals surface area contributed by atoms with Crippen LogP contribution in [0.4, 0.5) is 0 Å². The highest BCUT2D eigenvalue weighted by Crippen LogP contribution is 2.27. The molecule has 1 aromatic rings. The molecule has 0 spiro atoms. The number of amidine groups is 1. The minimum Gasteiger partial charge on any atom is -0.466 e. The topological polar surface area (TPSA) is 77.1 Å². The molecule has 1 heterocycles. The van der Waals surface area contributed by atoms with Crippen LogP contribution in [0.25, 0.3) is 0 Å². The molecule has 1 aromatic carbocycles. The van der Waals surface area contributed by atoms with Gasteiger partial charge >= 0.3 is 0 Å². The van der Waals surface area contributed by atoms with Crippen molar-refractivity contribution in [2.45, 2.75) is 6.61 Å². The third kappa shape index (κ3) is 1.38. The van der Waals surface area contributed by atoms with E-state index in [9.17, 15) is 0 Å². The van der Waals surface area contributed by atoms with Gasteiger partial charge in [-0.25, -0.2) is 0 Å². The van der Waals surface area contributed by atoms with Gasteiger partial charge in [0.25, 0.3) is 0 Å². The number of hydrogen-bond acceptors (Lipinski definition) is 4. The van der Waals surface area contributed by atoms with Gasteiger partial charge in [-0.2, -0.15) is 0 Å². The monoisotopic (exact) mass is 194 g/mol. The Morgan fingerprint density at radius 2 is 2.36 bits per heavy atom. The first-order valence-electron chi connectivity index (χ1n) is 4.13. The van der Waals surface area contributed by atoms with Crippen LogP contribution in [0.2, 0.25) is 0 Å². The molecule has 0 saturated carbocycles. The van der Waals surface area contributed by atoms with Crippen LogP contribution in [0.15, 0.2) is 23.4 Å². The number of oxime groups is 1. The smallest absolute Gasteiger partial charge is 0.189 e. The van der Waals surface area contributed by atoms with Gasteiger partial charge in [-0.1, -0.05) is 17.3 Å². The zero-order chi connectivity index (χ0) is 9.97. The van der Waals surface area contributed by atoms with E-state index >= 15 is 0 Å². The highest BCUT2D eigenvalue weighted by Gasteiger charge is 2.16. The number of nitrogens with zero attached hydrogens (tertiary/aromatic N) is 1. The quantitative estimate of drug-likeness (QED) is 0.298. The summed E-state index contributed by atoms with van der Waals surface area (Å²) in [7, 11) is 0. The molecule has 1 aliphatic rings. The highest BCUT2D eigenvalue weighted by atomic mass is 16.7. The Morgan fingerprint density at radius 3 is 3.14 bits per heavy atom. The maximum atomic E-state index is 8.57. The summed E-state index contributed by atoms with van der Waals surface area (Å²) < 4.78 is 10.4. The van der Waals surface area contributed by atoms with E-state index in [2.05, 4.69) is 5.16 Å². The van der Waals surface area contributed by atoms with Gasteiger partial charge in [0, 0.05) is 5.56 Å². The fourth-order valence-corrected chi connectivity index (χ4v) is 1.38. The van der Waals surface area contributed by atoms with E-state index in [4.69, 9.17) is 20.4 Å². The fourth-order valence-electron chi connectivity index (χ4n) is 1.38. The Hall–Kier alpha value is -1.75. The van der Waals surface area contributed by atoms with Crippen LogP contribution in [0.5, 0.6) is 5.75 Å². The first-order chi connectivity index (χ1) is 6.83. The molecule has 5 nitrogen and oxygen atoms in total. The minimum atomic E-state index is 0.0451. The summed E-state index contributed by atoms with van der Waals surface area (Å²) in [6.45, 7) is 0.685. The van der Waals surface area contributed by atoms with E-state index in [0.717, 1.165) is 5.56 Å². The van der Waals surface area contributed by atoms with Crippen LogP contribution in [0, 0.1) is 0 Å². The van der Waals surface area contributed by atoms with E-state index in [1.165, 1.54) is 0 Å². The van der Waals surface area contributed by atoms with Gasteiger partial charge in [-0.15, -0.1) is 0 Å². The predicted molar refractivity (Wildman–Crippen MR) is 49.2 cm³/mol.